The normalized spacial score (nSPS) is 11.0. The minimum atomic E-state index is -0.889. The van der Waals surface area contributed by atoms with Crippen molar-refractivity contribution in [2.75, 3.05) is 13.2 Å². The van der Waals surface area contributed by atoms with E-state index in [1.807, 2.05) is 30.5 Å². The van der Waals surface area contributed by atoms with E-state index >= 15 is 0 Å². The molecule has 0 aliphatic rings. The lowest BCUT2D eigenvalue weighted by molar-refractivity contribution is -0.136. The first kappa shape index (κ1) is 24.7. The van der Waals surface area contributed by atoms with Gasteiger partial charge in [-0.15, -0.1) is 0 Å². The molecule has 0 saturated heterocycles. The molecule has 0 fully saturated rings. The van der Waals surface area contributed by atoms with Crippen LogP contribution in [0.3, 0.4) is 0 Å². The van der Waals surface area contributed by atoms with Gasteiger partial charge in [-0.05, 0) is 54.7 Å². The van der Waals surface area contributed by atoms with Crippen LogP contribution in [0.15, 0.2) is 71.3 Å². The lowest BCUT2D eigenvalue weighted by Gasteiger charge is -2.13. The van der Waals surface area contributed by atoms with Crippen LogP contribution in [0.5, 0.6) is 11.5 Å². The van der Waals surface area contributed by atoms with Crippen molar-refractivity contribution in [2.45, 2.75) is 39.0 Å². The first-order valence-electron chi connectivity index (χ1n) is 11.9. The molecule has 4 aromatic rings. The molecule has 1 heterocycles. The molecule has 1 N–H and O–H groups in total. The van der Waals surface area contributed by atoms with Gasteiger partial charge in [0.05, 0.1) is 30.9 Å². The number of benzene rings is 3. The molecule has 0 radical (unpaired) electrons. The van der Waals surface area contributed by atoms with Gasteiger partial charge in [0.1, 0.15) is 17.1 Å². The molecule has 1 aromatic heterocycles. The van der Waals surface area contributed by atoms with E-state index in [-0.39, 0.29) is 6.42 Å². The summed E-state index contributed by atoms with van der Waals surface area (Å²) < 4.78 is 17.9. The zero-order valence-corrected chi connectivity index (χ0v) is 20.5. The third-order valence-corrected chi connectivity index (χ3v) is 6.09. The van der Waals surface area contributed by atoms with Crippen LogP contribution in [-0.2, 0) is 17.6 Å². The summed E-state index contributed by atoms with van der Waals surface area (Å²) in [7, 11) is 0. The number of hydrogen-bond donors (Lipinski definition) is 1. The Hall–Kier alpha value is -3.44. The molecular weight excluding hydrogens is 464 g/mol. The van der Waals surface area contributed by atoms with E-state index in [2.05, 4.69) is 25.1 Å². The SMILES string of the molecule is CCCc1c(OCCCCOc2ccc(CC(=O)O)cc2Cl)ccc2c(-c3ccccc3)coc12. The first-order valence-corrected chi connectivity index (χ1v) is 12.3. The van der Waals surface area contributed by atoms with E-state index in [0.717, 1.165) is 59.1 Å². The van der Waals surface area contributed by atoms with Crippen LogP contribution >= 0.6 is 11.6 Å². The van der Waals surface area contributed by atoms with Crippen molar-refractivity contribution in [1.82, 2.24) is 0 Å². The van der Waals surface area contributed by atoms with Crippen molar-refractivity contribution < 1.29 is 23.8 Å². The van der Waals surface area contributed by atoms with Gasteiger partial charge < -0.3 is 19.0 Å². The summed E-state index contributed by atoms with van der Waals surface area (Å²) >= 11 is 6.22. The predicted octanol–water partition coefficient (Wildman–Crippen LogP) is 7.57. The Morgan fingerprint density at radius 3 is 2.37 bits per heavy atom. The van der Waals surface area contributed by atoms with Gasteiger partial charge in [0, 0.05) is 16.5 Å². The zero-order chi connectivity index (χ0) is 24.6. The van der Waals surface area contributed by atoms with Crippen LogP contribution in [0.1, 0.15) is 37.3 Å². The Bertz CT molecular complexity index is 1280. The second-order valence-corrected chi connectivity index (χ2v) is 8.83. The van der Waals surface area contributed by atoms with Crippen LogP contribution < -0.4 is 9.47 Å². The molecule has 3 aromatic carbocycles. The maximum Gasteiger partial charge on any atom is 0.307 e. The van der Waals surface area contributed by atoms with Gasteiger partial charge >= 0.3 is 5.97 Å². The number of aryl methyl sites for hydroxylation is 1. The Morgan fingerprint density at radius 1 is 0.971 bits per heavy atom. The van der Waals surface area contributed by atoms with Crippen molar-refractivity contribution in [2.24, 2.45) is 0 Å². The van der Waals surface area contributed by atoms with E-state index in [0.29, 0.717) is 29.5 Å². The number of carboxylic acid groups (broad SMARTS) is 1. The van der Waals surface area contributed by atoms with Gasteiger partial charge in [0.15, 0.2) is 0 Å². The summed E-state index contributed by atoms with van der Waals surface area (Å²) in [5, 5.41) is 10.4. The highest BCUT2D eigenvalue weighted by Gasteiger charge is 2.15. The van der Waals surface area contributed by atoms with Crippen LogP contribution in [0.2, 0.25) is 5.02 Å². The summed E-state index contributed by atoms with van der Waals surface area (Å²) in [6.07, 6.45) is 5.28. The van der Waals surface area contributed by atoms with Crippen LogP contribution in [0, 0.1) is 0 Å². The number of fused-ring (bicyclic) bond motifs is 1. The molecule has 0 spiro atoms. The number of hydrogen-bond acceptors (Lipinski definition) is 4. The number of furan rings is 1. The monoisotopic (exact) mass is 492 g/mol. The molecule has 35 heavy (non-hydrogen) atoms. The molecule has 6 heteroatoms. The van der Waals surface area contributed by atoms with Gasteiger partial charge in [0.25, 0.3) is 0 Å². The molecule has 0 aliphatic heterocycles. The Labute approximate surface area is 210 Å². The number of carboxylic acids is 1. The van der Waals surface area contributed by atoms with Gasteiger partial charge in [-0.3, -0.25) is 4.79 Å². The molecule has 0 bridgehead atoms. The van der Waals surface area contributed by atoms with Crippen LogP contribution in [0.25, 0.3) is 22.1 Å². The Balaban J connectivity index is 1.33. The molecule has 0 aliphatic carbocycles. The molecule has 0 amide bonds. The summed E-state index contributed by atoms with van der Waals surface area (Å²) in [6.45, 7) is 3.23. The first-order chi connectivity index (χ1) is 17.1. The second-order valence-electron chi connectivity index (χ2n) is 8.42. The average Bonchev–Trinajstić information content (AvgIpc) is 3.28. The Morgan fingerprint density at radius 2 is 1.69 bits per heavy atom. The van der Waals surface area contributed by atoms with Crippen molar-refractivity contribution in [3.05, 3.63) is 83.1 Å². The number of halogens is 1. The lowest BCUT2D eigenvalue weighted by atomic mass is 10.0. The standard InChI is InChI=1S/C29H29ClO5/c1-2-8-23-26(14-12-22-24(19-35-29(22)23)21-9-4-3-5-10-21)33-15-6-7-16-34-27-13-11-20(17-25(27)30)18-28(31)32/h3-5,9-14,17,19H,2,6-8,15-16,18H2,1H3,(H,31,32). The maximum absolute atomic E-state index is 10.8. The molecule has 0 atom stereocenters. The summed E-state index contributed by atoms with van der Waals surface area (Å²) in [4.78, 5) is 10.8. The maximum atomic E-state index is 10.8. The highest BCUT2D eigenvalue weighted by atomic mass is 35.5. The van der Waals surface area contributed by atoms with Gasteiger partial charge in [-0.2, -0.15) is 0 Å². The largest absolute Gasteiger partial charge is 0.493 e. The quantitative estimate of drug-likeness (QED) is 0.206. The van der Waals surface area contributed by atoms with Crippen molar-refractivity contribution in [1.29, 1.82) is 0 Å². The van der Waals surface area contributed by atoms with E-state index < -0.39 is 5.97 Å². The Kier molecular flexibility index (Phi) is 8.32. The topological polar surface area (TPSA) is 68.9 Å². The fraction of sp³-hybridized carbons (Fsp3) is 0.276. The number of rotatable bonds is 12. The van der Waals surface area contributed by atoms with E-state index in [9.17, 15) is 4.79 Å². The summed E-state index contributed by atoms with van der Waals surface area (Å²) in [5.41, 5.74) is 4.88. The van der Waals surface area contributed by atoms with E-state index in [1.165, 1.54) is 0 Å². The second kappa shape index (κ2) is 11.8. The number of ether oxygens (including phenoxy) is 2. The van der Waals surface area contributed by atoms with Gasteiger partial charge in [0.2, 0.25) is 0 Å². The summed E-state index contributed by atoms with van der Waals surface area (Å²) in [6, 6.07) is 19.5. The predicted molar refractivity (Wildman–Crippen MR) is 139 cm³/mol. The van der Waals surface area contributed by atoms with E-state index in [1.54, 1.807) is 18.2 Å². The zero-order valence-electron chi connectivity index (χ0n) is 19.8. The van der Waals surface area contributed by atoms with Crippen molar-refractivity contribution >= 4 is 28.5 Å². The smallest absolute Gasteiger partial charge is 0.307 e. The molecule has 0 saturated carbocycles. The molecular formula is C29H29ClO5. The minimum absolute atomic E-state index is 0.0608. The van der Waals surface area contributed by atoms with Crippen LogP contribution in [0.4, 0.5) is 0 Å². The number of carbonyl (C=O) groups is 1. The molecule has 5 nitrogen and oxygen atoms in total. The summed E-state index contributed by atoms with van der Waals surface area (Å²) in [5.74, 6) is 0.537. The lowest BCUT2D eigenvalue weighted by Crippen LogP contribution is -2.05. The van der Waals surface area contributed by atoms with Gasteiger partial charge in [-0.25, -0.2) is 0 Å². The number of unbranched alkanes of at least 4 members (excludes halogenated alkanes) is 1. The third kappa shape index (κ3) is 6.17. The molecule has 182 valence electrons. The third-order valence-electron chi connectivity index (χ3n) is 5.79. The fourth-order valence-corrected chi connectivity index (χ4v) is 4.37. The average molecular weight is 493 g/mol. The minimum Gasteiger partial charge on any atom is -0.493 e. The highest BCUT2D eigenvalue weighted by Crippen LogP contribution is 2.37. The van der Waals surface area contributed by atoms with Gasteiger partial charge in [-0.1, -0.05) is 61.3 Å². The highest BCUT2D eigenvalue weighted by molar-refractivity contribution is 6.32. The van der Waals surface area contributed by atoms with Crippen molar-refractivity contribution in [3.63, 3.8) is 0 Å². The van der Waals surface area contributed by atoms with Crippen LogP contribution in [-0.4, -0.2) is 24.3 Å². The van der Waals surface area contributed by atoms with E-state index in [4.69, 9.17) is 30.6 Å². The van der Waals surface area contributed by atoms with Crippen molar-refractivity contribution in [3.8, 4) is 22.6 Å². The fourth-order valence-electron chi connectivity index (χ4n) is 4.12. The molecule has 0 unspecified atom stereocenters. The molecule has 4 rings (SSSR count). The number of aliphatic carboxylic acids is 1.